The monoisotopic (exact) mass is 506 g/mol. The number of carboxylic acids is 1. The van der Waals surface area contributed by atoms with E-state index in [-0.39, 0.29) is 18.1 Å². The molecular formula is C22H23F5N2O4S. The van der Waals surface area contributed by atoms with Crippen LogP contribution >= 0.6 is 11.3 Å². The van der Waals surface area contributed by atoms with Crippen molar-refractivity contribution in [1.29, 1.82) is 0 Å². The predicted molar refractivity (Wildman–Crippen MR) is 115 cm³/mol. The molecule has 2 unspecified atom stereocenters. The quantitative estimate of drug-likeness (QED) is 0.564. The summed E-state index contributed by atoms with van der Waals surface area (Å²) >= 11 is 1.41. The first-order chi connectivity index (χ1) is 16.0. The first-order valence-electron chi connectivity index (χ1n) is 10.5. The molecule has 4 rings (SSSR count). The van der Waals surface area contributed by atoms with E-state index in [4.69, 9.17) is 14.6 Å². The van der Waals surface area contributed by atoms with Crippen molar-refractivity contribution < 1.29 is 41.4 Å². The normalized spacial score (nSPS) is 21.4. The molecule has 0 saturated carbocycles. The first-order valence-corrected chi connectivity index (χ1v) is 11.3. The molecule has 2 aliphatic heterocycles. The van der Waals surface area contributed by atoms with Crippen molar-refractivity contribution in [3.63, 3.8) is 0 Å². The second kappa shape index (κ2) is 10.7. The summed E-state index contributed by atoms with van der Waals surface area (Å²) in [5.41, 5.74) is 0.945. The predicted octanol–water partition coefficient (Wildman–Crippen LogP) is 5.11. The topological polar surface area (TPSA) is 78.9 Å². The van der Waals surface area contributed by atoms with Crippen LogP contribution in [0.5, 0.6) is 0 Å². The van der Waals surface area contributed by atoms with Crippen LogP contribution in [0.1, 0.15) is 36.1 Å². The van der Waals surface area contributed by atoms with Crippen molar-refractivity contribution in [3.8, 4) is 0 Å². The van der Waals surface area contributed by atoms with Crippen LogP contribution < -0.4 is 10.2 Å². The third-order valence-corrected chi connectivity index (χ3v) is 6.59. The van der Waals surface area contributed by atoms with E-state index in [0.29, 0.717) is 17.8 Å². The molecule has 2 aliphatic rings. The number of carbonyl (C=O) groups excluding carboxylic acids is 1. The Labute approximate surface area is 196 Å². The van der Waals surface area contributed by atoms with Crippen LogP contribution in [0.25, 0.3) is 0 Å². The maximum Gasteiger partial charge on any atom is 0.490 e. The number of rotatable bonds is 4. The highest BCUT2D eigenvalue weighted by atomic mass is 32.1. The smallest absolute Gasteiger partial charge is 0.475 e. The van der Waals surface area contributed by atoms with Crippen LogP contribution in [0, 0.1) is 11.6 Å². The van der Waals surface area contributed by atoms with Gasteiger partial charge < -0.3 is 15.2 Å². The first kappa shape index (κ1) is 25.9. The number of piperidine rings is 1. The van der Waals surface area contributed by atoms with Gasteiger partial charge in [-0.2, -0.15) is 13.2 Å². The van der Waals surface area contributed by atoms with Gasteiger partial charge in [-0.05, 0) is 48.8 Å². The third-order valence-electron chi connectivity index (χ3n) is 5.68. The van der Waals surface area contributed by atoms with E-state index in [9.17, 15) is 26.7 Å². The number of hydrogen-bond acceptors (Lipinski definition) is 5. The molecule has 12 heteroatoms. The van der Waals surface area contributed by atoms with Gasteiger partial charge >= 0.3 is 18.2 Å². The molecular weight excluding hydrogens is 483 g/mol. The lowest BCUT2D eigenvalue weighted by molar-refractivity contribution is -0.192. The van der Waals surface area contributed by atoms with Crippen molar-refractivity contribution in [2.24, 2.45) is 0 Å². The molecule has 2 aromatic rings. The SMILES string of the molecule is CN(C(=O)OC1CC2CCC(C1)N2)c1ccsc1Cc1cccc(F)c1F.O=C(O)C(F)(F)F. The number of halogens is 5. The summed E-state index contributed by atoms with van der Waals surface area (Å²) < 4.78 is 64.9. The number of fused-ring (bicyclic) bond motifs is 2. The Morgan fingerprint density at radius 2 is 1.79 bits per heavy atom. The third kappa shape index (κ3) is 6.44. The molecule has 34 heavy (non-hydrogen) atoms. The highest BCUT2D eigenvalue weighted by molar-refractivity contribution is 7.10. The summed E-state index contributed by atoms with van der Waals surface area (Å²) in [4.78, 5) is 23.8. The van der Waals surface area contributed by atoms with Gasteiger partial charge in [0.15, 0.2) is 11.6 Å². The van der Waals surface area contributed by atoms with E-state index in [2.05, 4.69) is 5.32 Å². The van der Waals surface area contributed by atoms with Gasteiger partial charge in [-0.1, -0.05) is 12.1 Å². The number of ether oxygens (including phenoxy) is 1. The number of thiophene rings is 1. The fourth-order valence-electron chi connectivity index (χ4n) is 4.04. The highest BCUT2D eigenvalue weighted by Crippen LogP contribution is 2.32. The van der Waals surface area contributed by atoms with E-state index < -0.39 is 29.9 Å². The number of alkyl halides is 3. The van der Waals surface area contributed by atoms with Crippen molar-refractivity contribution >= 4 is 29.1 Å². The second-order valence-electron chi connectivity index (χ2n) is 8.10. The Balaban J connectivity index is 0.000000406. The zero-order valence-corrected chi connectivity index (χ0v) is 18.9. The summed E-state index contributed by atoms with van der Waals surface area (Å²) in [7, 11) is 1.66. The molecule has 0 spiro atoms. The second-order valence-corrected chi connectivity index (χ2v) is 9.10. The van der Waals surface area contributed by atoms with E-state index in [1.165, 1.54) is 22.3 Å². The molecule has 186 valence electrons. The fraction of sp³-hybridized carbons (Fsp3) is 0.455. The van der Waals surface area contributed by atoms with Crippen LogP contribution in [-0.2, 0) is 16.0 Å². The Morgan fingerprint density at radius 1 is 1.18 bits per heavy atom. The van der Waals surface area contributed by atoms with Crippen LogP contribution in [0.15, 0.2) is 29.6 Å². The van der Waals surface area contributed by atoms with Gasteiger partial charge in [0.1, 0.15) is 6.10 Å². The van der Waals surface area contributed by atoms with Gasteiger partial charge in [-0.3, -0.25) is 4.90 Å². The van der Waals surface area contributed by atoms with Crippen molar-refractivity contribution in [2.75, 3.05) is 11.9 Å². The van der Waals surface area contributed by atoms with Crippen molar-refractivity contribution in [2.45, 2.75) is 56.5 Å². The van der Waals surface area contributed by atoms with Crippen LogP contribution in [0.3, 0.4) is 0 Å². The number of aliphatic carboxylic acids is 1. The molecule has 1 aromatic heterocycles. The number of nitrogens with one attached hydrogen (secondary N) is 1. The Morgan fingerprint density at radius 3 is 2.38 bits per heavy atom. The minimum atomic E-state index is -5.08. The number of carbonyl (C=O) groups is 2. The van der Waals surface area contributed by atoms with Crippen LogP contribution in [0.2, 0.25) is 0 Å². The molecule has 2 bridgehead atoms. The number of carboxylic acid groups (broad SMARTS) is 1. The maximum atomic E-state index is 14.0. The highest BCUT2D eigenvalue weighted by Gasteiger charge is 2.38. The number of anilines is 1. The average molecular weight is 506 g/mol. The molecule has 6 nitrogen and oxygen atoms in total. The average Bonchev–Trinajstić information content (AvgIpc) is 3.36. The number of benzene rings is 1. The van der Waals surface area contributed by atoms with Crippen molar-refractivity contribution in [1.82, 2.24) is 5.32 Å². The molecule has 2 saturated heterocycles. The Kier molecular flexibility index (Phi) is 8.13. The lowest BCUT2D eigenvalue weighted by atomic mass is 10.0. The number of hydrogen-bond donors (Lipinski definition) is 2. The molecule has 2 fully saturated rings. The van der Waals surface area contributed by atoms with Gasteiger partial charge in [0.05, 0.1) is 5.69 Å². The van der Waals surface area contributed by atoms with Crippen LogP contribution in [-0.4, -0.2) is 48.6 Å². The zero-order valence-electron chi connectivity index (χ0n) is 18.1. The number of amides is 1. The standard InChI is InChI=1S/C20H22F2N2O2S.C2HF3O2/c1-24(20(25)26-15-10-13-5-6-14(11-15)23-13)17-7-8-27-18(17)9-12-3-2-4-16(21)19(12)22;3-2(4,5)1(6)7/h2-4,7-8,13-15,23H,5-6,9-11H2,1H3;(H,6,7). The fourth-order valence-corrected chi connectivity index (χ4v) is 4.97. The molecule has 1 aromatic carbocycles. The molecule has 0 radical (unpaired) electrons. The van der Waals surface area contributed by atoms with Gasteiger partial charge in [-0.25, -0.2) is 18.4 Å². The Bertz CT molecular complexity index is 1020. The maximum absolute atomic E-state index is 14.0. The zero-order chi connectivity index (χ0) is 25.0. The van der Waals surface area contributed by atoms with E-state index in [0.717, 1.165) is 36.6 Å². The van der Waals surface area contributed by atoms with E-state index >= 15 is 0 Å². The minimum Gasteiger partial charge on any atom is -0.475 e. The van der Waals surface area contributed by atoms with Gasteiger partial charge in [0.25, 0.3) is 0 Å². The minimum absolute atomic E-state index is 0.0681. The molecule has 2 N–H and O–H groups in total. The van der Waals surface area contributed by atoms with E-state index in [1.807, 2.05) is 11.4 Å². The molecule has 2 atom stereocenters. The van der Waals surface area contributed by atoms with E-state index in [1.54, 1.807) is 13.1 Å². The van der Waals surface area contributed by atoms with Crippen molar-refractivity contribution in [3.05, 3.63) is 51.7 Å². The molecule has 1 amide bonds. The molecule has 3 heterocycles. The summed E-state index contributed by atoms with van der Waals surface area (Å²) in [6.45, 7) is 0. The molecule has 0 aliphatic carbocycles. The van der Waals surface area contributed by atoms with Crippen LogP contribution in [0.4, 0.5) is 32.4 Å². The summed E-state index contributed by atoms with van der Waals surface area (Å²) in [6.07, 6.45) is -1.35. The van der Waals surface area contributed by atoms with Gasteiger partial charge in [0, 0.05) is 30.4 Å². The number of nitrogens with zero attached hydrogens (tertiary/aromatic N) is 1. The Hall–Kier alpha value is -2.73. The largest absolute Gasteiger partial charge is 0.490 e. The summed E-state index contributed by atoms with van der Waals surface area (Å²) in [5.74, 6) is -4.46. The summed E-state index contributed by atoms with van der Waals surface area (Å²) in [5, 5.41) is 12.5. The lowest BCUT2D eigenvalue weighted by Gasteiger charge is -2.30. The lowest BCUT2D eigenvalue weighted by Crippen LogP contribution is -2.43. The summed E-state index contributed by atoms with van der Waals surface area (Å²) in [6, 6.07) is 6.85. The van der Waals surface area contributed by atoms with Gasteiger partial charge in [0.2, 0.25) is 0 Å². The van der Waals surface area contributed by atoms with Gasteiger partial charge in [-0.15, -0.1) is 11.3 Å².